The van der Waals surface area contributed by atoms with E-state index in [4.69, 9.17) is 11.6 Å². The molecule has 0 bridgehead atoms. The van der Waals surface area contributed by atoms with Crippen LogP contribution in [0.5, 0.6) is 0 Å². The maximum absolute atomic E-state index is 12.7. The number of piperidine rings is 1. The van der Waals surface area contributed by atoms with Crippen LogP contribution in [0.3, 0.4) is 0 Å². The number of benzene rings is 1. The lowest BCUT2D eigenvalue weighted by molar-refractivity contribution is -0.137. The Hall–Kier alpha value is -1.23. The largest absolute Gasteiger partial charge is 0.416 e. The van der Waals surface area contributed by atoms with E-state index in [0.717, 1.165) is 18.9 Å². The van der Waals surface area contributed by atoms with Gasteiger partial charge < -0.3 is 4.90 Å². The van der Waals surface area contributed by atoms with E-state index in [1.165, 1.54) is 12.1 Å². The second-order valence-corrected chi connectivity index (χ2v) is 5.65. The molecule has 1 aliphatic heterocycles. The van der Waals surface area contributed by atoms with Gasteiger partial charge in [0.25, 0.3) is 0 Å². The smallest absolute Gasteiger partial charge is 0.341 e. The number of carbonyl (C=O) groups excluding carboxylic acids is 1. The number of hydrogen-bond acceptors (Lipinski definition) is 1. The standard InChI is InChI=1S/C15H17ClF3NO/c16-9-14(21)20-6-2-4-12(10-20)7-11-3-1-5-13(8-11)15(17,18)19/h1,3,5,8,12H,2,4,6-7,9-10H2/t12-/m1/s1. The average Bonchev–Trinajstić information content (AvgIpc) is 2.46. The van der Waals surface area contributed by atoms with Crippen molar-refractivity contribution < 1.29 is 18.0 Å². The van der Waals surface area contributed by atoms with Crippen molar-refractivity contribution >= 4 is 17.5 Å². The molecule has 0 aliphatic carbocycles. The van der Waals surface area contributed by atoms with Crippen LogP contribution in [0.25, 0.3) is 0 Å². The highest BCUT2D eigenvalue weighted by atomic mass is 35.5. The highest BCUT2D eigenvalue weighted by Crippen LogP contribution is 2.30. The van der Waals surface area contributed by atoms with Gasteiger partial charge in [0.15, 0.2) is 0 Å². The number of amides is 1. The summed E-state index contributed by atoms with van der Waals surface area (Å²) in [5.41, 5.74) is 0.0412. The summed E-state index contributed by atoms with van der Waals surface area (Å²) in [7, 11) is 0. The van der Waals surface area contributed by atoms with Crippen LogP contribution in [0.15, 0.2) is 24.3 Å². The van der Waals surface area contributed by atoms with E-state index in [2.05, 4.69) is 0 Å². The van der Waals surface area contributed by atoms with E-state index in [0.29, 0.717) is 25.1 Å². The molecule has 2 nitrogen and oxygen atoms in total. The van der Waals surface area contributed by atoms with Gasteiger partial charge >= 0.3 is 6.18 Å². The number of alkyl halides is 4. The van der Waals surface area contributed by atoms with Crippen molar-refractivity contribution in [1.82, 2.24) is 4.90 Å². The fraction of sp³-hybridized carbons (Fsp3) is 0.533. The average molecular weight is 320 g/mol. The van der Waals surface area contributed by atoms with Crippen molar-refractivity contribution in [2.24, 2.45) is 5.92 Å². The van der Waals surface area contributed by atoms with Gasteiger partial charge in [0.1, 0.15) is 5.88 Å². The first-order valence-corrected chi connectivity index (χ1v) is 7.43. The lowest BCUT2D eigenvalue weighted by atomic mass is 9.90. The Morgan fingerprint density at radius 2 is 2.14 bits per heavy atom. The lowest BCUT2D eigenvalue weighted by Crippen LogP contribution is -2.41. The van der Waals surface area contributed by atoms with Crippen LogP contribution in [0.1, 0.15) is 24.0 Å². The Morgan fingerprint density at radius 1 is 1.38 bits per heavy atom. The maximum Gasteiger partial charge on any atom is 0.416 e. The predicted molar refractivity (Wildman–Crippen MR) is 75.2 cm³/mol. The molecule has 0 unspecified atom stereocenters. The third-order valence-corrected chi connectivity index (χ3v) is 3.99. The first-order chi connectivity index (χ1) is 9.90. The maximum atomic E-state index is 12.7. The number of hydrogen-bond donors (Lipinski definition) is 0. The number of carbonyl (C=O) groups is 1. The molecule has 0 spiro atoms. The molecular weight excluding hydrogens is 303 g/mol. The minimum Gasteiger partial charge on any atom is -0.341 e. The molecule has 1 amide bonds. The Bertz CT molecular complexity index is 504. The number of nitrogens with zero attached hydrogens (tertiary/aromatic N) is 1. The zero-order chi connectivity index (χ0) is 15.5. The Kier molecular flexibility index (Phi) is 5.14. The topological polar surface area (TPSA) is 20.3 Å². The summed E-state index contributed by atoms with van der Waals surface area (Å²) in [6, 6.07) is 5.41. The minimum atomic E-state index is -4.32. The minimum absolute atomic E-state index is 0.0454. The van der Waals surface area contributed by atoms with Gasteiger partial charge in [0, 0.05) is 13.1 Å². The highest BCUT2D eigenvalue weighted by Gasteiger charge is 2.30. The summed E-state index contributed by atoms with van der Waals surface area (Å²) in [5, 5.41) is 0. The molecule has 2 rings (SSSR count). The Labute approximate surface area is 126 Å². The number of rotatable bonds is 3. The Balaban J connectivity index is 2.03. The molecule has 6 heteroatoms. The molecule has 1 fully saturated rings. The second-order valence-electron chi connectivity index (χ2n) is 5.38. The summed E-state index contributed by atoms with van der Waals surface area (Å²) in [6.07, 6.45) is -1.98. The third kappa shape index (κ3) is 4.37. The molecule has 1 aromatic rings. The molecule has 0 radical (unpaired) electrons. The van der Waals surface area contributed by atoms with Crippen molar-refractivity contribution in [2.45, 2.75) is 25.4 Å². The predicted octanol–water partition coefficient (Wildman–Crippen LogP) is 3.73. The molecule has 21 heavy (non-hydrogen) atoms. The second kappa shape index (κ2) is 6.69. The summed E-state index contributed by atoms with van der Waals surface area (Å²) < 4.78 is 38.1. The van der Waals surface area contributed by atoms with E-state index < -0.39 is 11.7 Å². The zero-order valence-electron chi connectivity index (χ0n) is 11.5. The van der Waals surface area contributed by atoms with Gasteiger partial charge in [-0.15, -0.1) is 11.6 Å². The van der Waals surface area contributed by atoms with E-state index >= 15 is 0 Å². The van der Waals surface area contributed by atoms with E-state index in [9.17, 15) is 18.0 Å². The van der Waals surface area contributed by atoms with Crippen molar-refractivity contribution in [2.75, 3.05) is 19.0 Å². The van der Waals surface area contributed by atoms with Gasteiger partial charge in [0.05, 0.1) is 5.56 Å². The quantitative estimate of drug-likeness (QED) is 0.777. The van der Waals surface area contributed by atoms with Crippen molar-refractivity contribution in [1.29, 1.82) is 0 Å². The molecule has 1 aromatic carbocycles. The van der Waals surface area contributed by atoms with Gasteiger partial charge in [0.2, 0.25) is 5.91 Å². The molecular formula is C15H17ClF3NO. The van der Waals surface area contributed by atoms with Gasteiger partial charge in [-0.3, -0.25) is 4.79 Å². The molecule has 0 saturated carbocycles. The van der Waals surface area contributed by atoms with Crippen LogP contribution in [-0.4, -0.2) is 29.8 Å². The number of likely N-dealkylation sites (tertiary alicyclic amines) is 1. The first kappa shape index (κ1) is 16.1. The van der Waals surface area contributed by atoms with E-state index in [1.807, 2.05) is 0 Å². The SMILES string of the molecule is O=C(CCl)N1CCC[C@H](Cc2cccc(C(F)(F)F)c2)C1. The molecule has 1 heterocycles. The molecule has 1 aliphatic rings. The summed E-state index contributed by atoms with van der Waals surface area (Å²) in [4.78, 5) is 13.3. The molecule has 0 N–H and O–H groups in total. The van der Waals surface area contributed by atoms with Crippen LogP contribution in [-0.2, 0) is 17.4 Å². The van der Waals surface area contributed by atoms with Gasteiger partial charge in [-0.1, -0.05) is 18.2 Å². The normalized spacial score (nSPS) is 19.6. The van der Waals surface area contributed by atoms with Crippen LogP contribution in [0.4, 0.5) is 13.2 Å². The number of halogens is 4. The molecule has 1 saturated heterocycles. The molecule has 116 valence electrons. The fourth-order valence-electron chi connectivity index (χ4n) is 2.75. The van der Waals surface area contributed by atoms with Crippen molar-refractivity contribution in [3.63, 3.8) is 0 Å². The highest BCUT2D eigenvalue weighted by molar-refractivity contribution is 6.27. The molecule has 1 atom stereocenters. The van der Waals surface area contributed by atoms with Gasteiger partial charge in [-0.25, -0.2) is 0 Å². The van der Waals surface area contributed by atoms with Gasteiger partial charge in [-0.2, -0.15) is 13.2 Å². The summed E-state index contributed by atoms with van der Waals surface area (Å²) in [5.74, 6) is 0.0378. The van der Waals surface area contributed by atoms with Crippen LogP contribution >= 0.6 is 11.6 Å². The van der Waals surface area contributed by atoms with Crippen molar-refractivity contribution in [3.05, 3.63) is 35.4 Å². The zero-order valence-corrected chi connectivity index (χ0v) is 12.3. The summed E-state index contributed by atoms with van der Waals surface area (Å²) >= 11 is 5.55. The molecule has 0 aromatic heterocycles. The van der Waals surface area contributed by atoms with Crippen LogP contribution in [0.2, 0.25) is 0 Å². The van der Waals surface area contributed by atoms with Gasteiger partial charge in [-0.05, 0) is 36.8 Å². The Morgan fingerprint density at radius 3 is 2.81 bits per heavy atom. The van der Waals surface area contributed by atoms with Crippen LogP contribution < -0.4 is 0 Å². The first-order valence-electron chi connectivity index (χ1n) is 6.90. The van der Waals surface area contributed by atoms with E-state index in [1.54, 1.807) is 11.0 Å². The summed E-state index contributed by atoms with van der Waals surface area (Å²) in [6.45, 7) is 1.26. The fourth-order valence-corrected chi connectivity index (χ4v) is 2.92. The third-order valence-electron chi connectivity index (χ3n) is 3.76. The lowest BCUT2D eigenvalue weighted by Gasteiger charge is -2.32. The van der Waals surface area contributed by atoms with E-state index in [-0.39, 0.29) is 17.7 Å². The van der Waals surface area contributed by atoms with Crippen LogP contribution in [0, 0.1) is 5.92 Å². The van der Waals surface area contributed by atoms with Crippen molar-refractivity contribution in [3.8, 4) is 0 Å². The monoisotopic (exact) mass is 319 g/mol.